The minimum atomic E-state index is -1.04. The Kier molecular flexibility index (Phi) is 4.46. The van der Waals surface area contributed by atoms with Crippen molar-refractivity contribution < 1.29 is 19.8 Å². The summed E-state index contributed by atoms with van der Waals surface area (Å²) in [6.45, 7) is 0. The molecule has 128 valence electrons. The van der Waals surface area contributed by atoms with Crippen LogP contribution in [0.5, 0.6) is 0 Å². The highest BCUT2D eigenvalue weighted by Gasteiger charge is 2.21. The number of carbonyl (C=O) groups excluding carboxylic acids is 2. The number of pyridine rings is 1. The highest BCUT2D eigenvalue weighted by Crippen LogP contribution is 2.18. The zero-order valence-electron chi connectivity index (χ0n) is 12.6. The Bertz CT molecular complexity index is 913. The second-order valence-corrected chi connectivity index (χ2v) is 4.88. The summed E-state index contributed by atoms with van der Waals surface area (Å²) in [5, 5.41) is 10.8. The van der Waals surface area contributed by atoms with Gasteiger partial charge >= 0.3 is 0 Å². The van der Waals surface area contributed by atoms with Gasteiger partial charge in [0.15, 0.2) is 0 Å². The summed E-state index contributed by atoms with van der Waals surface area (Å²) in [6.07, 6.45) is 2.65. The molecule has 3 aromatic rings. The Morgan fingerprint density at radius 2 is 1.76 bits per heavy atom. The van der Waals surface area contributed by atoms with E-state index in [9.17, 15) is 18.4 Å². The first-order valence-corrected chi connectivity index (χ1v) is 7.07. The van der Waals surface area contributed by atoms with Crippen LogP contribution in [-0.4, -0.2) is 27.0 Å². The van der Waals surface area contributed by atoms with Crippen LogP contribution < -0.4 is 10.6 Å². The molecule has 0 aliphatic carbocycles. The monoisotopic (exact) mass is 345 g/mol. The maximum Gasteiger partial charge on any atom is 0.276 e. The van der Waals surface area contributed by atoms with Crippen LogP contribution in [0.1, 0.15) is 22.3 Å². The molecule has 2 aromatic heterocycles. The van der Waals surface area contributed by atoms with Gasteiger partial charge in [-0.1, -0.05) is 12.1 Å². The molecule has 9 heteroatoms. The van der Waals surface area contributed by atoms with Crippen LogP contribution in [0.15, 0.2) is 48.8 Å². The molecule has 3 rings (SSSR count). The number of aromatic amines is 1. The quantitative estimate of drug-likeness (QED) is 0.677. The number of halogens is 2. The van der Waals surface area contributed by atoms with Gasteiger partial charge in [-0.05, 0) is 24.3 Å². The van der Waals surface area contributed by atoms with Crippen molar-refractivity contribution in [1.29, 1.82) is 0 Å². The van der Waals surface area contributed by atoms with Gasteiger partial charge < -0.3 is 10.6 Å². The predicted octanol–water partition coefficient (Wildman–Crippen LogP) is 2.83. The molecule has 0 aliphatic heterocycles. The summed E-state index contributed by atoms with van der Waals surface area (Å²) in [7, 11) is 0. The van der Waals surface area contributed by atoms with Crippen molar-refractivity contribution in [3.05, 3.63) is 71.7 Å². The lowest BCUT2D eigenvalue weighted by molar-refractivity contribution is 0.101. The van der Waals surface area contributed by atoms with Crippen LogP contribution in [0.25, 0.3) is 0 Å². The SMILES string of the molecule is O=C(Nc1ccccn1)c1[nH]ncc1NC(=O)c1c(F)cccc1F.[HH]. The van der Waals surface area contributed by atoms with Crippen molar-refractivity contribution in [2.24, 2.45) is 0 Å². The standard InChI is InChI=1S/C16H11F2N5O2.H2/c17-9-4-3-5-10(18)13(9)15(24)21-11-8-20-23-14(11)16(25)22-12-6-1-2-7-19-12;/h1-8H,(H,20,23)(H,21,24)(H,19,22,25);1H. The van der Waals surface area contributed by atoms with Crippen molar-refractivity contribution in [2.45, 2.75) is 0 Å². The number of aromatic nitrogens is 3. The summed E-state index contributed by atoms with van der Waals surface area (Å²) in [4.78, 5) is 28.3. The lowest BCUT2D eigenvalue weighted by Gasteiger charge is -2.08. The third kappa shape index (κ3) is 3.50. The molecule has 0 fully saturated rings. The van der Waals surface area contributed by atoms with Gasteiger partial charge in [0.2, 0.25) is 0 Å². The molecular formula is C16H13F2N5O2. The van der Waals surface area contributed by atoms with Crippen molar-refractivity contribution in [2.75, 3.05) is 10.6 Å². The minimum Gasteiger partial charge on any atom is -0.318 e. The minimum absolute atomic E-state index is 0. The summed E-state index contributed by atoms with van der Waals surface area (Å²) in [5.41, 5.74) is -0.864. The number of nitrogens with zero attached hydrogens (tertiary/aromatic N) is 2. The van der Waals surface area contributed by atoms with Crippen LogP contribution in [0.4, 0.5) is 20.3 Å². The van der Waals surface area contributed by atoms with Crippen LogP contribution in [0.3, 0.4) is 0 Å². The first-order chi connectivity index (χ1) is 12.1. The maximum atomic E-state index is 13.7. The lowest BCUT2D eigenvalue weighted by Crippen LogP contribution is -2.19. The molecule has 0 aliphatic rings. The van der Waals surface area contributed by atoms with E-state index in [0.29, 0.717) is 5.82 Å². The van der Waals surface area contributed by atoms with Gasteiger partial charge in [0.05, 0.1) is 11.9 Å². The van der Waals surface area contributed by atoms with E-state index in [-0.39, 0.29) is 12.8 Å². The van der Waals surface area contributed by atoms with Crippen molar-refractivity contribution in [1.82, 2.24) is 15.2 Å². The molecule has 3 N–H and O–H groups in total. The van der Waals surface area contributed by atoms with Gasteiger partial charge in [0, 0.05) is 7.62 Å². The fraction of sp³-hybridized carbons (Fsp3) is 0. The Balaban J connectivity index is 0.00000243. The Morgan fingerprint density at radius 1 is 1.00 bits per heavy atom. The Hall–Kier alpha value is -3.62. The fourth-order valence-electron chi connectivity index (χ4n) is 2.07. The van der Waals surface area contributed by atoms with Gasteiger partial charge in [0.25, 0.3) is 11.8 Å². The van der Waals surface area contributed by atoms with E-state index < -0.39 is 29.0 Å². The molecule has 0 atom stereocenters. The van der Waals surface area contributed by atoms with E-state index in [1.807, 2.05) is 0 Å². The largest absolute Gasteiger partial charge is 0.318 e. The van der Waals surface area contributed by atoms with Crippen LogP contribution in [0.2, 0.25) is 0 Å². The third-order valence-electron chi connectivity index (χ3n) is 3.21. The third-order valence-corrected chi connectivity index (χ3v) is 3.21. The molecule has 0 saturated heterocycles. The van der Waals surface area contributed by atoms with Crippen LogP contribution in [0, 0.1) is 11.6 Å². The molecule has 0 radical (unpaired) electrons. The Morgan fingerprint density at radius 3 is 2.44 bits per heavy atom. The molecule has 0 spiro atoms. The topological polar surface area (TPSA) is 99.8 Å². The smallest absolute Gasteiger partial charge is 0.276 e. The first-order valence-electron chi connectivity index (χ1n) is 7.07. The van der Waals surface area contributed by atoms with Gasteiger partial charge in [0.1, 0.15) is 28.7 Å². The predicted molar refractivity (Wildman–Crippen MR) is 87.2 cm³/mol. The summed E-state index contributed by atoms with van der Waals surface area (Å²) >= 11 is 0. The van der Waals surface area contributed by atoms with E-state index in [1.54, 1.807) is 18.2 Å². The van der Waals surface area contributed by atoms with E-state index in [4.69, 9.17) is 0 Å². The van der Waals surface area contributed by atoms with Crippen molar-refractivity contribution in [3.63, 3.8) is 0 Å². The zero-order chi connectivity index (χ0) is 17.8. The molecule has 0 unspecified atom stereocenters. The van der Waals surface area contributed by atoms with Gasteiger partial charge in [-0.25, -0.2) is 13.8 Å². The molecule has 0 bridgehead atoms. The maximum absolute atomic E-state index is 13.7. The van der Waals surface area contributed by atoms with E-state index in [0.717, 1.165) is 24.4 Å². The highest BCUT2D eigenvalue weighted by molar-refractivity contribution is 6.11. The molecule has 25 heavy (non-hydrogen) atoms. The van der Waals surface area contributed by atoms with Crippen LogP contribution in [-0.2, 0) is 0 Å². The van der Waals surface area contributed by atoms with E-state index >= 15 is 0 Å². The number of amides is 2. The molecule has 1 aromatic carbocycles. The van der Waals surface area contributed by atoms with E-state index in [1.165, 1.54) is 6.20 Å². The van der Waals surface area contributed by atoms with Gasteiger partial charge in [-0.3, -0.25) is 14.7 Å². The number of anilines is 2. The van der Waals surface area contributed by atoms with Crippen LogP contribution >= 0.6 is 0 Å². The number of carbonyl (C=O) groups is 2. The van der Waals surface area contributed by atoms with Gasteiger partial charge in [-0.2, -0.15) is 5.10 Å². The Labute approximate surface area is 141 Å². The zero-order valence-corrected chi connectivity index (χ0v) is 12.6. The molecule has 7 nitrogen and oxygen atoms in total. The number of hydrogen-bond acceptors (Lipinski definition) is 4. The molecule has 2 amide bonds. The summed E-state index contributed by atoms with van der Waals surface area (Å²) in [6, 6.07) is 8.00. The summed E-state index contributed by atoms with van der Waals surface area (Å²) in [5.74, 6) is -3.40. The summed E-state index contributed by atoms with van der Waals surface area (Å²) < 4.78 is 27.3. The average molecular weight is 345 g/mol. The highest BCUT2D eigenvalue weighted by atomic mass is 19.1. The average Bonchev–Trinajstić information content (AvgIpc) is 3.04. The van der Waals surface area contributed by atoms with Gasteiger partial charge in [-0.15, -0.1) is 0 Å². The second kappa shape index (κ2) is 6.87. The normalized spacial score (nSPS) is 10.3. The number of benzene rings is 1. The number of rotatable bonds is 4. The molecular weight excluding hydrogens is 332 g/mol. The fourth-order valence-corrected chi connectivity index (χ4v) is 2.07. The number of hydrogen-bond donors (Lipinski definition) is 3. The van der Waals surface area contributed by atoms with Crippen molar-refractivity contribution >= 4 is 23.3 Å². The number of H-pyrrole nitrogens is 1. The molecule has 2 heterocycles. The lowest BCUT2D eigenvalue weighted by atomic mass is 10.2. The first kappa shape index (κ1) is 16.2. The van der Waals surface area contributed by atoms with E-state index in [2.05, 4.69) is 25.8 Å². The van der Waals surface area contributed by atoms with Crippen molar-refractivity contribution in [3.8, 4) is 0 Å². The number of nitrogens with one attached hydrogen (secondary N) is 3. The molecule has 0 saturated carbocycles. The second-order valence-electron chi connectivity index (χ2n) is 4.88.